The first-order chi connectivity index (χ1) is 20.9. The van der Waals surface area contributed by atoms with Crippen LogP contribution in [0.3, 0.4) is 0 Å². The number of hydrogen-bond donors (Lipinski definition) is 1. The van der Waals surface area contributed by atoms with Crippen molar-refractivity contribution in [3.63, 3.8) is 0 Å². The number of benzene rings is 3. The number of likely N-dealkylation sites (tertiary alicyclic amines) is 1. The normalized spacial score (nSPS) is 13.9. The highest BCUT2D eigenvalue weighted by molar-refractivity contribution is 6.37. The van der Waals surface area contributed by atoms with Crippen LogP contribution in [0.15, 0.2) is 70.3 Å². The second-order valence-electron chi connectivity index (χ2n) is 12.1. The van der Waals surface area contributed by atoms with Crippen molar-refractivity contribution in [3.05, 3.63) is 103 Å². The maximum Gasteiger partial charge on any atom is 0.321 e. The van der Waals surface area contributed by atoms with Crippen LogP contribution in [0, 0.1) is 12.8 Å². The monoisotopic (exact) mass is 633 g/mol. The molecule has 0 atom stereocenters. The summed E-state index contributed by atoms with van der Waals surface area (Å²) in [5, 5.41) is 0.828. The van der Waals surface area contributed by atoms with Crippen LogP contribution in [-0.2, 0) is 11.3 Å². The van der Waals surface area contributed by atoms with Crippen LogP contribution in [-0.4, -0.2) is 58.6 Å². The number of likely N-dealkylation sites (N-methyl/N-ethyl adjacent to an activating group) is 1. The molecule has 5 rings (SSSR count). The fraction of sp³-hybridized carbons (Fsp3) is 0.324. The molecule has 0 radical (unpaired) electrons. The SMILES string of the molecule is Cc1cccc(C(C)C)c1-n1c(=O)c(=O)n(CC2CN(C(=O)/C=C/CN(C)C)C2)c2cc(Cl)c(-c3cc(N)ccc3Cl)cc21. The van der Waals surface area contributed by atoms with Crippen molar-refractivity contribution in [1.29, 1.82) is 0 Å². The van der Waals surface area contributed by atoms with Crippen LogP contribution in [0.1, 0.15) is 30.9 Å². The Bertz CT molecular complexity index is 1900. The zero-order valence-corrected chi connectivity index (χ0v) is 27.1. The Hall–Kier alpha value is -3.85. The second kappa shape index (κ2) is 12.6. The van der Waals surface area contributed by atoms with Crippen molar-refractivity contribution >= 4 is 45.8 Å². The maximum absolute atomic E-state index is 14.1. The number of aromatic nitrogens is 2. The summed E-state index contributed by atoms with van der Waals surface area (Å²) in [6.45, 7) is 7.97. The van der Waals surface area contributed by atoms with Crippen LogP contribution in [0.2, 0.25) is 10.0 Å². The first-order valence-corrected chi connectivity index (χ1v) is 15.4. The zero-order chi connectivity index (χ0) is 31.9. The summed E-state index contributed by atoms with van der Waals surface area (Å²) in [6.07, 6.45) is 3.41. The number of amides is 1. The summed E-state index contributed by atoms with van der Waals surface area (Å²) >= 11 is 13.5. The molecule has 230 valence electrons. The summed E-state index contributed by atoms with van der Waals surface area (Å²) in [5.74, 6) is 0.0294. The van der Waals surface area contributed by atoms with Crippen molar-refractivity contribution in [1.82, 2.24) is 18.9 Å². The quantitative estimate of drug-likeness (QED) is 0.152. The molecule has 3 aromatic carbocycles. The molecule has 2 heterocycles. The van der Waals surface area contributed by atoms with Gasteiger partial charge in [0, 0.05) is 60.0 Å². The van der Waals surface area contributed by atoms with Gasteiger partial charge in [0.25, 0.3) is 0 Å². The summed E-state index contributed by atoms with van der Waals surface area (Å²) < 4.78 is 3.03. The largest absolute Gasteiger partial charge is 0.399 e. The standard InChI is InChI=1S/C34H37Cl2N5O3/c1-20(2)24-9-6-8-21(3)32(24)41-30-15-26(25-14-23(37)11-12-27(25)35)28(36)16-29(30)40(33(43)34(41)44)19-22-17-39(18-22)31(42)10-7-13-38(4)5/h6-12,14-16,20,22H,13,17-19,37H2,1-5H3/b10-7+. The Labute approximate surface area is 266 Å². The molecular weight excluding hydrogens is 597 g/mol. The van der Waals surface area contributed by atoms with Gasteiger partial charge in [-0.3, -0.25) is 19.0 Å². The van der Waals surface area contributed by atoms with Crippen molar-refractivity contribution in [2.24, 2.45) is 5.92 Å². The number of halogens is 2. The maximum atomic E-state index is 14.1. The van der Waals surface area contributed by atoms with Gasteiger partial charge in [0.15, 0.2) is 0 Å². The minimum Gasteiger partial charge on any atom is -0.399 e. The molecule has 1 saturated heterocycles. The van der Waals surface area contributed by atoms with E-state index in [4.69, 9.17) is 28.9 Å². The molecule has 0 spiro atoms. The van der Waals surface area contributed by atoms with E-state index >= 15 is 0 Å². The molecule has 1 aliphatic rings. The van der Waals surface area contributed by atoms with E-state index in [2.05, 4.69) is 13.8 Å². The van der Waals surface area contributed by atoms with Crippen molar-refractivity contribution in [2.45, 2.75) is 33.2 Å². The van der Waals surface area contributed by atoms with E-state index in [0.717, 1.165) is 11.1 Å². The summed E-state index contributed by atoms with van der Waals surface area (Å²) in [6, 6.07) is 14.6. The summed E-state index contributed by atoms with van der Waals surface area (Å²) in [5.41, 5.74) is 10.1. The fourth-order valence-corrected chi connectivity index (χ4v) is 6.26. The second-order valence-corrected chi connectivity index (χ2v) is 12.9. The average molecular weight is 635 g/mol. The molecule has 1 aromatic heterocycles. The molecule has 0 bridgehead atoms. The van der Waals surface area contributed by atoms with Crippen molar-refractivity contribution in [3.8, 4) is 16.8 Å². The predicted molar refractivity (Wildman–Crippen MR) is 180 cm³/mol. The Kier molecular flexibility index (Phi) is 9.07. The predicted octanol–water partition coefficient (Wildman–Crippen LogP) is 5.72. The Morgan fingerprint density at radius 1 is 1.00 bits per heavy atom. The van der Waals surface area contributed by atoms with Gasteiger partial charge in [-0.2, -0.15) is 0 Å². The highest BCUT2D eigenvalue weighted by Gasteiger charge is 2.31. The number of rotatable bonds is 8. The van der Waals surface area contributed by atoms with E-state index in [0.29, 0.717) is 63.2 Å². The number of carbonyl (C=O) groups excluding carboxylic acids is 1. The molecule has 0 saturated carbocycles. The lowest BCUT2D eigenvalue weighted by atomic mass is 9.97. The molecule has 0 aliphatic carbocycles. The van der Waals surface area contributed by atoms with Gasteiger partial charge in [-0.1, -0.05) is 61.3 Å². The fourth-order valence-electron chi connectivity index (χ4n) is 5.78. The number of nitrogen functional groups attached to an aromatic ring is 1. The number of nitrogens with zero attached hydrogens (tertiary/aromatic N) is 4. The van der Waals surface area contributed by atoms with Crippen LogP contribution in [0.5, 0.6) is 0 Å². The molecule has 44 heavy (non-hydrogen) atoms. The van der Waals surface area contributed by atoms with Gasteiger partial charge in [0.2, 0.25) is 5.91 Å². The van der Waals surface area contributed by atoms with Gasteiger partial charge in [0.1, 0.15) is 0 Å². The average Bonchev–Trinajstić information content (AvgIpc) is 2.94. The molecular formula is C34H37Cl2N5O3. The third kappa shape index (κ3) is 6.07. The van der Waals surface area contributed by atoms with Crippen LogP contribution in [0.4, 0.5) is 5.69 Å². The van der Waals surface area contributed by atoms with Crippen molar-refractivity contribution in [2.75, 3.05) is 39.5 Å². The Balaban J connectivity index is 1.67. The smallest absolute Gasteiger partial charge is 0.321 e. The third-order valence-electron chi connectivity index (χ3n) is 8.06. The van der Waals surface area contributed by atoms with E-state index < -0.39 is 11.1 Å². The summed E-state index contributed by atoms with van der Waals surface area (Å²) in [4.78, 5) is 44.3. The van der Waals surface area contributed by atoms with Crippen molar-refractivity contribution < 1.29 is 4.79 Å². The Morgan fingerprint density at radius 2 is 1.70 bits per heavy atom. The van der Waals surface area contributed by atoms with E-state index in [9.17, 15) is 14.4 Å². The first kappa shape index (κ1) is 31.6. The van der Waals surface area contributed by atoms with E-state index in [1.54, 1.807) is 35.2 Å². The number of hydrogen-bond acceptors (Lipinski definition) is 5. The van der Waals surface area contributed by atoms with Gasteiger partial charge < -0.3 is 20.1 Å². The van der Waals surface area contributed by atoms with E-state index in [1.165, 1.54) is 9.13 Å². The van der Waals surface area contributed by atoms with Crippen LogP contribution >= 0.6 is 23.2 Å². The lowest BCUT2D eigenvalue weighted by molar-refractivity contribution is -0.132. The molecule has 2 N–H and O–H groups in total. The molecule has 10 heteroatoms. The van der Waals surface area contributed by atoms with Gasteiger partial charge in [0.05, 0.1) is 21.7 Å². The molecule has 0 unspecified atom stereocenters. The lowest BCUT2D eigenvalue weighted by Crippen LogP contribution is -2.52. The number of nitrogens with two attached hydrogens (primary N) is 1. The first-order valence-electron chi connectivity index (χ1n) is 14.6. The topological polar surface area (TPSA) is 93.6 Å². The Morgan fingerprint density at radius 3 is 2.39 bits per heavy atom. The van der Waals surface area contributed by atoms with Crippen LogP contribution in [0.25, 0.3) is 27.8 Å². The number of anilines is 1. The van der Waals surface area contributed by atoms with Crippen LogP contribution < -0.4 is 16.9 Å². The summed E-state index contributed by atoms with van der Waals surface area (Å²) in [7, 11) is 3.87. The van der Waals surface area contributed by atoms with Gasteiger partial charge in [-0.25, -0.2) is 0 Å². The molecule has 4 aromatic rings. The third-order valence-corrected chi connectivity index (χ3v) is 8.71. The highest BCUT2D eigenvalue weighted by atomic mass is 35.5. The number of para-hydroxylation sites is 1. The van der Waals surface area contributed by atoms with E-state index in [-0.39, 0.29) is 24.3 Å². The van der Waals surface area contributed by atoms with Gasteiger partial charge in [-0.05, 0) is 68.4 Å². The number of carbonyl (C=O) groups is 1. The van der Waals surface area contributed by atoms with Gasteiger partial charge in [-0.15, -0.1) is 0 Å². The van der Waals surface area contributed by atoms with E-state index in [1.807, 2.05) is 56.3 Å². The minimum atomic E-state index is -0.653. The number of fused-ring (bicyclic) bond motifs is 1. The number of aryl methyl sites for hydroxylation is 1. The minimum absolute atomic E-state index is 0.00357. The molecule has 1 aliphatic heterocycles. The molecule has 8 nitrogen and oxygen atoms in total. The highest BCUT2D eigenvalue weighted by Crippen LogP contribution is 2.38. The molecule has 1 amide bonds. The molecule has 1 fully saturated rings. The zero-order valence-electron chi connectivity index (χ0n) is 25.6. The lowest BCUT2D eigenvalue weighted by Gasteiger charge is -2.39. The van der Waals surface area contributed by atoms with Gasteiger partial charge >= 0.3 is 11.1 Å².